The van der Waals surface area contributed by atoms with Gasteiger partial charge in [-0.25, -0.2) is 0 Å². The van der Waals surface area contributed by atoms with Crippen LogP contribution in [0.15, 0.2) is 0 Å². The quantitative estimate of drug-likeness (QED) is 0.592. The van der Waals surface area contributed by atoms with E-state index in [2.05, 4.69) is 32.8 Å². The second kappa shape index (κ2) is 3.14. The zero-order valence-corrected chi connectivity index (χ0v) is 8.35. The first-order valence-electron chi connectivity index (χ1n) is 4.67. The number of rotatable bonds is 2. The summed E-state index contributed by atoms with van der Waals surface area (Å²) in [5, 5.41) is 0. The molecule has 0 aromatic heterocycles. The molecule has 66 valence electrons. The summed E-state index contributed by atoms with van der Waals surface area (Å²) in [7, 11) is 4.35. The molecule has 1 rings (SSSR count). The van der Waals surface area contributed by atoms with Crippen molar-refractivity contribution in [2.75, 3.05) is 20.6 Å². The maximum absolute atomic E-state index is 2.43. The Morgan fingerprint density at radius 2 is 2.09 bits per heavy atom. The zero-order valence-electron chi connectivity index (χ0n) is 8.35. The van der Waals surface area contributed by atoms with Gasteiger partial charge >= 0.3 is 0 Å². The van der Waals surface area contributed by atoms with Gasteiger partial charge in [0.05, 0.1) is 0 Å². The second-order valence-electron chi connectivity index (χ2n) is 4.90. The number of hydrogen-bond acceptors (Lipinski definition) is 1. The van der Waals surface area contributed by atoms with Crippen molar-refractivity contribution in [3.05, 3.63) is 0 Å². The molecule has 0 amide bonds. The Bertz CT molecular complexity index is 131. The molecule has 0 N–H and O–H groups in total. The van der Waals surface area contributed by atoms with Crippen LogP contribution >= 0.6 is 0 Å². The van der Waals surface area contributed by atoms with Crippen molar-refractivity contribution >= 4 is 0 Å². The van der Waals surface area contributed by atoms with E-state index in [0.29, 0.717) is 5.41 Å². The molecule has 0 aromatic rings. The third kappa shape index (κ3) is 2.48. The highest BCUT2D eigenvalue weighted by molar-refractivity contribution is 4.85. The summed E-state index contributed by atoms with van der Waals surface area (Å²) < 4.78 is 0. The molecule has 1 aliphatic carbocycles. The predicted octanol–water partition coefficient (Wildman–Crippen LogP) is 2.37. The van der Waals surface area contributed by atoms with Gasteiger partial charge in [-0.15, -0.1) is 0 Å². The third-order valence-corrected chi connectivity index (χ3v) is 2.78. The van der Waals surface area contributed by atoms with Gasteiger partial charge in [0.1, 0.15) is 0 Å². The van der Waals surface area contributed by atoms with Crippen LogP contribution in [0.3, 0.4) is 0 Å². The standard InChI is InChI=1S/C10H21N/c1-9-5-6-10(2,7-9)8-11(3)4/h9H,5-8H2,1-4H3. The van der Waals surface area contributed by atoms with Gasteiger partial charge in [0, 0.05) is 6.54 Å². The summed E-state index contributed by atoms with van der Waals surface area (Å²) in [4.78, 5) is 2.32. The minimum Gasteiger partial charge on any atom is -0.309 e. The molecule has 1 heteroatoms. The molecule has 2 atom stereocenters. The molecule has 0 heterocycles. The monoisotopic (exact) mass is 155 g/mol. The van der Waals surface area contributed by atoms with Crippen LogP contribution in [0.5, 0.6) is 0 Å². The molecule has 1 saturated carbocycles. The highest BCUT2D eigenvalue weighted by Gasteiger charge is 2.32. The first-order valence-corrected chi connectivity index (χ1v) is 4.67. The molecule has 11 heavy (non-hydrogen) atoms. The Balaban J connectivity index is 2.42. The van der Waals surface area contributed by atoms with Crippen LogP contribution in [0, 0.1) is 11.3 Å². The molecule has 0 aromatic carbocycles. The SMILES string of the molecule is CC1CCC(C)(CN(C)C)C1. The first kappa shape index (κ1) is 9.05. The Kier molecular flexibility index (Phi) is 2.58. The fourth-order valence-electron chi connectivity index (χ4n) is 2.55. The van der Waals surface area contributed by atoms with Crippen molar-refractivity contribution in [1.29, 1.82) is 0 Å². The molecule has 0 saturated heterocycles. The fourth-order valence-corrected chi connectivity index (χ4v) is 2.55. The van der Waals surface area contributed by atoms with Crippen molar-refractivity contribution < 1.29 is 0 Å². The molecule has 1 nitrogen and oxygen atoms in total. The molecule has 0 spiro atoms. The molecular weight excluding hydrogens is 134 g/mol. The van der Waals surface area contributed by atoms with Crippen molar-refractivity contribution in [2.24, 2.45) is 11.3 Å². The van der Waals surface area contributed by atoms with E-state index >= 15 is 0 Å². The number of nitrogens with zero attached hydrogens (tertiary/aromatic N) is 1. The highest BCUT2D eigenvalue weighted by Crippen LogP contribution is 2.41. The lowest BCUT2D eigenvalue weighted by Gasteiger charge is -2.27. The van der Waals surface area contributed by atoms with Crippen molar-refractivity contribution in [2.45, 2.75) is 33.1 Å². The lowest BCUT2D eigenvalue weighted by Crippen LogP contribution is -2.28. The molecule has 1 aliphatic rings. The van der Waals surface area contributed by atoms with E-state index in [1.54, 1.807) is 0 Å². The van der Waals surface area contributed by atoms with Gasteiger partial charge in [-0.2, -0.15) is 0 Å². The van der Waals surface area contributed by atoms with Crippen LogP contribution in [0.2, 0.25) is 0 Å². The maximum Gasteiger partial charge on any atom is 0.00293 e. The Hall–Kier alpha value is -0.0400. The molecular formula is C10H21N. The third-order valence-electron chi connectivity index (χ3n) is 2.78. The van der Waals surface area contributed by atoms with E-state index in [4.69, 9.17) is 0 Å². The van der Waals surface area contributed by atoms with Gasteiger partial charge in [-0.05, 0) is 38.3 Å². The largest absolute Gasteiger partial charge is 0.309 e. The van der Waals surface area contributed by atoms with Gasteiger partial charge in [0.25, 0.3) is 0 Å². The van der Waals surface area contributed by atoms with Crippen molar-refractivity contribution in [3.8, 4) is 0 Å². The van der Waals surface area contributed by atoms with Crippen LogP contribution in [-0.4, -0.2) is 25.5 Å². The minimum atomic E-state index is 0.614. The van der Waals surface area contributed by atoms with E-state index < -0.39 is 0 Å². The van der Waals surface area contributed by atoms with Gasteiger partial charge < -0.3 is 4.90 Å². The highest BCUT2D eigenvalue weighted by atomic mass is 15.1. The lowest BCUT2D eigenvalue weighted by atomic mass is 9.87. The van der Waals surface area contributed by atoms with E-state index in [1.165, 1.54) is 25.8 Å². The Morgan fingerprint density at radius 1 is 1.45 bits per heavy atom. The summed E-state index contributed by atoms with van der Waals surface area (Å²) in [6.45, 7) is 6.06. The second-order valence-corrected chi connectivity index (χ2v) is 4.90. The Labute approximate surface area is 70.8 Å². The molecule has 0 aliphatic heterocycles. The first-order chi connectivity index (χ1) is 5.02. The minimum absolute atomic E-state index is 0.614. The van der Waals surface area contributed by atoms with E-state index in [-0.39, 0.29) is 0 Å². The smallest absolute Gasteiger partial charge is 0.00293 e. The van der Waals surface area contributed by atoms with Crippen LogP contribution in [-0.2, 0) is 0 Å². The predicted molar refractivity (Wildman–Crippen MR) is 49.7 cm³/mol. The topological polar surface area (TPSA) is 3.24 Å². The average Bonchev–Trinajstić information content (AvgIpc) is 2.08. The summed E-state index contributed by atoms with van der Waals surface area (Å²) in [6.07, 6.45) is 4.28. The summed E-state index contributed by atoms with van der Waals surface area (Å²) in [5.41, 5.74) is 0.614. The van der Waals surface area contributed by atoms with Gasteiger partial charge in [-0.1, -0.05) is 20.3 Å². The zero-order chi connectivity index (χ0) is 8.48. The fraction of sp³-hybridized carbons (Fsp3) is 1.00. The van der Waals surface area contributed by atoms with Crippen LogP contribution in [0.1, 0.15) is 33.1 Å². The molecule has 1 fully saturated rings. The van der Waals surface area contributed by atoms with E-state index in [9.17, 15) is 0 Å². The number of hydrogen-bond donors (Lipinski definition) is 0. The van der Waals surface area contributed by atoms with Gasteiger partial charge in [0.15, 0.2) is 0 Å². The molecule has 0 bridgehead atoms. The lowest BCUT2D eigenvalue weighted by molar-refractivity contribution is 0.219. The van der Waals surface area contributed by atoms with E-state index in [0.717, 1.165) is 5.92 Å². The van der Waals surface area contributed by atoms with Gasteiger partial charge in [0.2, 0.25) is 0 Å². The maximum atomic E-state index is 2.43. The summed E-state index contributed by atoms with van der Waals surface area (Å²) >= 11 is 0. The average molecular weight is 155 g/mol. The van der Waals surface area contributed by atoms with E-state index in [1.807, 2.05) is 0 Å². The van der Waals surface area contributed by atoms with Crippen LogP contribution < -0.4 is 0 Å². The molecule has 0 radical (unpaired) electrons. The summed E-state index contributed by atoms with van der Waals surface area (Å²) in [6, 6.07) is 0. The van der Waals surface area contributed by atoms with Crippen molar-refractivity contribution in [1.82, 2.24) is 4.90 Å². The normalized spacial score (nSPS) is 38.5. The Morgan fingerprint density at radius 3 is 2.45 bits per heavy atom. The summed E-state index contributed by atoms with van der Waals surface area (Å²) in [5.74, 6) is 0.958. The van der Waals surface area contributed by atoms with Crippen molar-refractivity contribution in [3.63, 3.8) is 0 Å². The van der Waals surface area contributed by atoms with Crippen LogP contribution in [0.4, 0.5) is 0 Å². The van der Waals surface area contributed by atoms with Crippen LogP contribution in [0.25, 0.3) is 0 Å². The van der Waals surface area contributed by atoms with Gasteiger partial charge in [-0.3, -0.25) is 0 Å². The molecule has 2 unspecified atom stereocenters.